The van der Waals surface area contributed by atoms with Crippen molar-refractivity contribution < 1.29 is 13.2 Å². The maximum Gasteiger partial charge on any atom is 0.261 e. The van der Waals surface area contributed by atoms with Crippen LogP contribution >= 0.6 is 11.3 Å². The second-order valence-corrected chi connectivity index (χ2v) is 8.15. The van der Waals surface area contributed by atoms with Gasteiger partial charge in [0.05, 0.1) is 9.77 Å². The summed E-state index contributed by atoms with van der Waals surface area (Å²) in [7, 11) is -3.60. The molecule has 0 aliphatic heterocycles. The van der Waals surface area contributed by atoms with E-state index in [1.807, 2.05) is 6.92 Å². The van der Waals surface area contributed by atoms with Crippen LogP contribution in [0.25, 0.3) is 0 Å². The molecule has 19 heavy (non-hydrogen) atoms. The third-order valence-corrected chi connectivity index (χ3v) is 5.23. The van der Waals surface area contributed by atoms with E-state index in [9.17, 15) is 13.2 Å². The molecule has 0 fully saturated rings. The SMILES string of the molecule is CCNC(=O)c1cc(S(=O)(=O)NC(C)(C)C)c(C)s1. The van der Waals surface area contributed by atoms with Crippen LogP contribution < -0.4 is 10.0 Å². The zero-order valence-electron chi connectivity index (χ0n) is 11.8. The topological polar surface area (TPSA) is 75.3 Å². The van der Waals surface area contributed by atoms with Gasteiger partial charge in [-0.2, -0.15) is 0 Å². The van der Waals surface area contributed by atoms with Gasteiger partial charge in [0.1, 0.15) is 0 Å². The van der Waals surface area contributed by atoms with Crippen LogP contribution in [0.1, 0.15) is 42.2 Å². The zero-order chi connectivity index (χ0) is 14.8. The Bertz CT molecular complexity index is 568. The Hall–Kier alpha value is -0.920. The van der Waals surface area contributed by atoms with Gasteiger partial charge >= 0.3 is 0 Å². The highest BCUT2D eigenvalue weighted by atomic mass is 32.2. The van der Waals surface area contributed by atoms with Gasteiger partial charge in [0.2, 0.25) is 10.0 Å². The van der Waals surface area contributed by atoms with Crippen LogP contribution in [0.3, 0.4) is 0 Å². The number of hydrogen-bond acceptors (Lipinski definition) is 4. The van der Waals surface area contributed by atoms with Crippen LogP contribution in [0.5, 0.6) is 0 Å². The number of thiophene rings is 1. The van der Waals surface area contributed by atoms with Crippen LogP contribution in [0.2, 0.25) is 0 Å². The van der Waals surface area contributed by atoms with Crippen molar-refractivity contribution in [2.24, 2.45) is 0 Å². The Labute approximate surface area is 118 Å². The molecule has 0 atom stereocenters. The molecule has 0 aliphatic carbocycles. The van der Waals surface area contributed by atoms with Crippen molar-refractivity contribution in [3.63, 3.8) is 0 Å². The van der Waals surface area contributed by atoms with Crippen LogP contribution in [-0.4, -0.2) is 26.4 Å². The Kier molecular flexibility index (Phi) is 4.76. The molecule has 0 bridgehead atoms. The molecule has 1 amide bonds. The number of carbonyl (C=O) groups excluding carboxylic acids is 1. The molecule has 0 unspecified atom stereocenters. The van der Waals surface area contributed by atoms with Crippen LogP contribution in [-0.2, 0) is 10.0 Å². The molecular weight excluding hydrogens is 284 g/mol. The molecular formula is C12H20N2O3S2. The van der Waals surface area contributed by atoms with Gasteiger partial charge in [0.25, 0.3) is 5.91 Å². The summed E-state index contributed by atoms with van der Waals surface area (Å²) in [5.41, 5.74) is -0.556. The molecule has 0 spiro atoms. The van der Waals surface area contributed by atoms with Gasteiger partial charge in [-0.05, 0) is 40.7 Å². The normalized spacial score (nSPS) is 12.5. The van der Waals surface area contributed by atoms with Crippen LogP contribution in [0, 0.1) is 6.92 Å². The fourth-order valence-electron chi connectivity index (χ4n) is 1.55. The van der Waals surface area contributed by atoms with E-state index < -0.39 is 15.6 Å². The highest BCUT2D eigenvalue weighted by Crippen LogP contribution is 2.26. The quantitative estimate of drug-likeness (QED) is 0.892. The predicted molar refractivity (Wildman–Crippen MR) is 77.1 cm³/mol. The monoisotopic (exact) mass is 304 g/mol. The summed E-state index contributed by atoms with van der Waals surface area (Å²) in [4.78, 5) is 12.9. The van der Waals surface area contributed by atoms with Crippen molar-refractivity contribution in [2.45, 2.75) is 45.1 Å². The number of carbonyl (C=O) groups is 1. The lowest BCUT2D eigenvalue weighted by Crippen LogP contribution is -2.40. The van der Waals surface area contributed by atoms with Gasteiger partial charge in [0, 0.05) is 17.0 Å². The minimum atomic E-state index is -3.60. The molecule has 0 saturated heterocycles. The minimum absolute atomic E-state index is 0.175. The minimum Gasteiger partial charge on any atom is -0.352 e. The number of nitrogens with one attached hydrogen (secondary N) is 2. The van der Waals surface area contributed by atoms with Gasteiger partial charge < -0.3 is 5.32 Å². The standard InChI is InChI=1S/C12H20N2O3S2/c1-6-13-11(15)9-7-10(8(2)18-9)19(16,17)14-12(3,4)5/h7,14H,6H2,1-5H3,(H,13,15). The lowest BCUT2D eigenvalue weighted by molar-refractivity contribution is 0.0959. The van der Waals surface area contributed by atoms with Gasteiger partial charge in [-0.15, -0.1) is 11.3 Å². The number of rotatable bonds is 4. The van der Waals surface area contributed by atoms with Crippen molar-refractivity contribution in [3.8, 4) is 0 Å². The highest BCUT2D eigenvalue weighted by Gasteiger charge is 2.26. The van der Waals surface area contributed by atoms with E-state index in [0.717, 1.165) is 0 Å². The number of aryl methyl sites for hydroxylation is 1. The Morgan fingerprint density at radius 1 is 1.37 bits per heavy atom. The smallest absolute Gasteiger partial charge is 0.261 e. The fraction of sp³-hybridized carbons (Fsp3) is 0.583. The van der Waals surface area contributed by atoms with E-state index in [1.165, 1.54) is 17.4 Å². The first-order valence-electron chi connectivity index (χ1n) is 5.99. The average Bonchev–Trinajstić information content (AvgIpc) is 2.57. The van der Waals surface area contributed by atoms with Crippen molar-refractivity contribution in [1.29, 1.82) is 0 Å². The summed E-state index contributed by atoms with van der Waals surface area (Å²) >= 11 is 1.18. The van der Waals surface area contributed by atoms with Crippen molar-refractivity contribution >= 4 is 27.3 Å². The Morgan fingerprint density at radius 3 is 2.42 bits per heavy atom. The third-order valence-electron chi connectivity index (χ3n) is 2.16. The molecule has 0 aliphatic rings. The van der Waals surface area contributed by atoms with E-state index in [-0.39, 0.29) is 10.8 Å². The summed E-state index contributed by atoms with van der Waals surface area (Å²) in [6.07, 6.45) is 0. The number of amides is 1. The highest BCUT2D eigenvalue weighted by molar-refractivity contribution is 7.89. The lowest BCUT2D eigenvalue weighted by atomic mass is 10.1. The second-order valence-electron chi connectivity index (χ2n) is 5.25. The fourth-order valence-corrected chi connectivity index (χ4v) is 4.48. The lowest BCUT2D eigenvalue weighted by Gasteiger charge is -2.20. The zero-order valence-corrected chi connectivity index (χ0v) is 13.5. The molecule has 5 nitrogen and oxygen atoms in total. The molecule has 0 saturated carbocycles. The first-order valence-corrected chi connectivity index (χ1v) is 8.29. The van der Waals surface area contributed by atoms with E-state index in [2.05, 4.69) is 10.0 Å². The van der Waals surface area contributed by atoms with E-state index >= 15 is 0 Å². The molecule has 0 radical (unpaired) electrons. The number of hydrogen-bond donors (Lipinski definition) is 2. The van der Waals surface area contributed by atoms with E-state index in [4.69, 9.17) is 0 Å². The number of sulfonamides is 1. The maximum atomic E-state index is 12.2. The van der Waals surface area contributed by atoms with E-state index in [1.54, 1.807) is 27.7 Å². The van der Waals surface area contributed by atoms with Gasteiger partial charge in [0.15, 0.2) is 0 Å². The van der Waals surface area contributed by atoms with Crippen molar-refractivity contribution in [3.05, 3.63) is 15.8 Å². The molecule has 1 aromatic rings. The molecule has 1 aromatic heterocycles. The van der Waals surface area contributed by atoms with Crippen LogP contribution in [0.4, 0.5) is 0 Å². The Morgan fingerprint density at radius 2 is 1.95 bits per heavy atom. The van der Waals surface area contributed by atoms with Gasteiger partial charge in [-0.3, -0.25) is 4.79 Å². The summed E-state index contributed by atoms with van der Waals surface area (Å²) in [5, 5.41) is 2.66. The maximum absolute atomic E-state index is 12.2. The Balaban J connectivity index is 3.12. The summed E-state index contributed by atoms with van der Waals surface area (Å²) < 4.78 is 27.0. The molecule has 1 rings (SSSR count). The summed E-state index contributed by atoms with van der Waals surface area (Å²) in [6.45, 7) is 9.35. The van der Waals surface area contributed by atoms with Gasteiger partial charge in [-0.25, -0.2) is 13.1 Å². The first kappa shape index (κ1) is 16.1. The van der Waals surface area contributed by atoms with Crippen molar-refractivity contribution in [1.82, 2.24) is 10.0 Å². The average molecular weight is 304 g/mol. The molecule has 0 aromatic carbocycles. The molecule has 108 valence electrons. The predicted octanol–water partition coefficient (Wildman–Crippen LogP) is 1.88. The first-order chi connectivity index (χ1) is 8.57. The largest absolute Gasteiger partial charge is 0.352 e. The van der Waals surface area contributed by atoms with Crippen molar-refractivity contribution in [2.75, 3.05) is 6.54 Å². The van der Waals surface area contributed by atoms with Gasteiger partial charge in [-0.1, -0.05) is 0 Å². The molecule has 7 heteroatoms. The molecule has 1 heterocycles. The van der Waals surface area contributed by atoms with Crippen LogP contribution in [0.15, 0.2) is 11.0 Å². The summed E-state index contributed by atoms with van der Waals surface area (Å²) in [5.74, 6) is -0.243. The van der Waals surface area contributed by atoms with E-state index in [0.29, 0.717) is 16.3 Å². The second kappa shape index (κ2) is 5.60. The summed E-state index contributed by atoms with van der Waals surface area (Å²) in [6, 6.07) is 1.43. The molecule has 2 N–H and O–H groups in total. The third kappa shape index (κ3) is 4.29.